The third-order valence-corrected chi connectivity index (χ3v) is 6.34. The number of fused-ring (bicyclic) bond motifs is 1. The number of nitrogens with zero attached hydrogens (tertiary/aromatic N) is 1. The van der Waals surface area contributed by atoms with Gasteiger partial charge in [0.15, 0.2) is 0 Å². The molecule has 5 heteroatoms. The van der Waals surface area contributed by atoms with Gasteiger partial charge in [-0.2, -0.15) is 0 Å². The van der Waals surface area contributed by atoms with Crippen molar-refractivity contribution in [1.29, 1.82) is 0 Å². The summed E-state index contributed by atoms with van der Waals surface area (Å²) in [5.74, 6) is 0. The summed E-state index contributed by atoms with van der Waals surface area (Å²) >= 11 is 6.04. The molecule has 1 saturated heterocycles. The van der Waals surface area contributed by atoms with E-state index < -0.39 is 0 Å². The molecule has 3 aromatic carbocycles. The van der Waals surface area contributed by atoms with E-state index in [0.29, 0.717) is 16.6 Å². The summed E-state index contributed by atoms with van der Waals surface area (Å²) in [6.45, 7) is 1.94. The molecule has 1 N–H and O–H groups in total. The van der Waals surface area contributed by atoms with Crippen molar-refractivity contribution >= 4 is 34.3 Å². The first-order valence-corrected chi connectivity index (χ1v) is 11.6. The normalized spacial score (nSPS) is 14.8. The van der Waals surface area contributed by atoms with Crippen LogP contribution in [0.15, 0.2) is 94.3 Å². The summed E-state index contributed by atoms with van der Waals surface area (Å²) in [7, 11) is 0. The number of anilines is 1. The van der Waals surface area contributed by atoms with Crippen LogP contribution in [-0.4, -0.2) is 24.0 Å². The Morgan fingerprint density at radius 3 is 2.39 bits per heavy atom. The lowest BCUT2D eigenvalue weighted by molar-refractivity contribution is 0.295. The molecule has 0 bridgehead atoms. The van der Waals surface area contributed by atoms with Crippen LogP contribution in [0.25, 0.3) is 28.2 Å². The van der Waals surface area contributed by atoms with E-state index in [-0.39, 0.29) is 5.63 Å². The van der Waals surface area contributed by atoms with Crippen molar-refractivity contribution in [2.24, 2.45) is 0 Å². The van der Waals surface area contributed by atoms with Gasteiger partial charge in [0.1, 0.15) is 5.58 Å². The van der Waals surface area contributed by atoms with Crippen molar-refractivity contribution in [3.63, 3.8) is 0 Å². The average Bonchev–Trinajstić information content (AvgIpc) is 2.84. The minimum Gasteiger partial charge on any atom is -0.423 e. The Morgan fingerprint density at radius 1 is 0.909 bits per heavy atom. The third-order valence-electron chi connectivity index (χ3n) is 6.09. The first-order valence-electron chi connectivity index (χ1n) is 11.2. The van der Waals surface area contributed by atoms with Gasteiger partial charge in [0.05, 0.1) is 5.69 Å². The van der Waals surface area contributed by atoms with Gasteiger partial charge in [-0.3, -0.25) is 0 Å². The fourth-order valence-electron chi connectivity index (χ4n) is 4.27. The van der Waals surface area contributed by atoms with E-state index in [0.717, 1.165) is 48.1 Å². The number of benzene rings is 3. The number of rotatable bonds is 5. The van der Waals surface area contributed by atoms with E-state index in [2.05, 4.69) is 52.8 Å². The number of hydrogen-bond donors (Lipinski definition) is 1. The highest BCUT2D eigenvalue weighted by molar-refractivity contribution is 6.30. The van der Waals surface area contributed by atoms with E-state index in [9.17, 15) is 4.79 Å². The van der Waals surface area contributed by atoms with E-state index in [1.54, 1.807) is 6.07 Å². The summed E-state index contributed by atoms with van der Waals surface area (Å²) in [5, 5.41) is 5.23. The highest BCUT2D eigenvalue weighted by atomic mass is 35.5. The van der Waals surface area contributed by atoms with Gasteiger partial charge in [-0.05, 0) is 66.1 Å². The van der Waals surface area contributed by atoms with Crippen LogP contribution < -0.4 is 10.9 Å². The Labute approximate surface area is 198 Å². The summed E-state index contributed by atoms with van der Waals surface area (Å²) in [4.78, 5) is 14.5. The summed E-state index contributed by atoms with van der Waals surface area (Å²) in [6, 6.07) is 25.9. The lowest BCUT2D eigenvalue weighted by atomic mass is 10.0. The van der Waals surface area contributed by atoms with Gasteiger partial charge < -0.3 is 14.6 Å². The van der Waals surface area contributed by atoms with Gasteiger partial charge >= 0.3 is 5.63 Å². The highest BCUT2D eigenvalue weighted by Gasteiger charge is 2.18. The molecule has 0 radical (unpaired) electrons. The van der Waals surface area contributed by atoms with Crippen LogP contribution in [0.3, 0.4) is 0 Å². The van der Waals surface area contributed by atoms with Crippen LogP contribution in [0.4, 0.5) is 5.69 Å². The van der Waals surface area contributed by atoms with Crippen molar-refractivity contribution in [2.45, 2.75) is 18.9 Å². The fourth-order valence-corrected chi connectivity index (χ4v) is 4.40. The molecule has 4 aromatic rings. The second-order valence-electron chi connectivity index (χ2n) is 8.38. The molecule has 1 aromatic heterocycles. The topological polar surface area (TPSA) is 45.5 Å². The summed E-state index contributed by atoms with van der Waals surface area (Å²) in [5.41, 5.74) is 4.40. The molecule has 1 aliphatic rings. The standard InChI is InChI=1S/C28H25ClN2O2/c29-23-9-6-21(7-10-23)22-8-11-27-25(18-22)26(19-28(32)33-27)30-24-13-16-31(17-14-24)15-12-20-4-2-1-3-5-20/h1-12,15,18-19,24,30H,13-14,16-17H2/b15-12+. The maximum Gasteiger partial charge on any atom is 0.338 e. The van der Waals surface area contributed by atoms with Crippen molar-refractivity contribution < 1.29 is 4.42 Å². The number of hydrogen-bond acceptors (Lipinski definition) is 4. The number of halogens is 1. The summed E-state index contributed by atoms with van der Waals surface area (Å²) < 4.78 is 5.46. The number of likely N-dealkylation sites (tertiary alicyclic amines) is 1. The minimum atomic E-state index is -0.340. The van der Waals surface area contributed by atoms with Crippen LogP contribution in [0.5, 0.6) is 0 Å². The monoisotopic (exact) mass is 456 g/mol. The van der Waals surface area contributed by atoms with Gasteiger partial charge in [0.2, 0.25) is 0 Å². The Balaban J connectivity index is 1.32. The van der Waals surface area contributed by atoms with Crippen LogP contribution in [0, 0.1) is 0 Å². The molecule has 2 heterocycles. The molecule has 166 valence electrons. The van der Waals surface area contributed by atoms with Crippen molar-refractivity contribution in [3.8, 4) is 11.1 Å². The van der Waals surface area contributed by atoms with E-state index in [4.69, 9.17) is 16.0 Å². The lowest BCUT2D eigenvalue weighted by Gasteiger charge is -2.32. The molecular weight excluding hydrogens is 432 g/mol. The van der Waals surface area contributed by atoms with Crippen LogP contribution in [0.1, 0.15) is 18.4 Å². The summed E-state index contributed by atoms with van der Waals surface area (Å²) in [6.07, 6.45) is 6.33. The molecule has 0 unspecified atom stereocenters. The van der Waals surface area contributed by atoms with Crippen LogP contribution in [0.2, 0.25) is 5.02 Å². The second-order valence-corrected chi connectivity index (χ2v) is 8.81. The number of piperidine rings is 1. The minimum absolute atomic E-state index is 0.301. The Hall–Kier alpha value is -3.50. The Morgan fingerprint density at radius 2 is 1.64 bits per heavy atom. The molecule has 0 amide bonds. The largest absolute Gasteiger partial charge is 0.423 e. The first-order chi connectivity index (χ1) is 16.1. The third kappa shape index (κ3) is 5.12. The highest BCUT2D eigenvalue weighted by Crippen LogP contribution is 2.30. The predicted octanol–water partition coefficient (Wildman–Crippen LogP) is 6.66. The van der Waals surface area contributed by atoms with Crippen molar-refractivity contribution in [3.05, 3.63) is 106 Å². The molecule has 0 atom stereocenters. The molecule has 5 rings (SSSR count). The zero-order valence-corrected chi connectivity index (χ0v) is 19.0. The molecule has 33 heavy (non-hydrogen) atoms. The molecule has 0 aliphatic carbocycles. The zero-order valence-electron chi connectivity index (χ0n) is 18.2. The van der Waals surface area contributed by atoms with Crippen molar-refractivity contribution in [1.82, 2.24) is 4.90 Å². The van der Waals surface area contributed by atoms with Crippen LogP contribution in [-0.2, 0) is 0 Å². The molecular formula is C28H25ClN2O2. The average molecular weight is 457 g/mol. The van der Waals surface area contributed by atoms with Crippen LogP contribution >= 0.6 is 11.6 Å². The fraction of sp³-hybridized carbons (Fsp3) is 0.179. The Bertz CT molecular complexity index is 1320. The van der Waals surface area contributed by atoms with Gasteiger partial charge in [-0.15, -0.1) is 0 Å². The smallest absolute Gasteiger partial charge is 0.338 e. The first kappa shape index (κ1) is 21.4. The maximum atomic E-state index is 12.2. The Kier molecular flexibility index (Phi) is 6.18. The molecule has 0 spiro atoms. The zero-order chi connectivity index (χ0) is 22.6. The second kappa shape index (κ2) is 9.55. The van der Waals surface area contributed by atoms with Gasteiger partial charge in [-0.1, -0.05) is 60.1 Å². The van der Waals surface area contributed by atoms with Crippen molar-refractivity contribution in [2.75, 3.05) is 18.4 Å². The van der Waals surface area contributed by atoms with Gasteiger partial charge in [0, 0.05) is 35.6 Å². The van der Waals surface area contributed by atoms with E-state index >= 15 is 0 Å². The number of nitrogens with one attached hydrogen (secondary N) is 1. The maximum absolute atomic E-state index is 12.2. The predicted molar refractivity (Wildman–Crippen MR) is 137 cm³/mol. The SMILES string of the molecule is O=c1cc(NC2CCN(/C=C/c3ccccc3)CC2)c2cc(-c3ccc(Cl)cc3)ccc2o1. The molecule has 4 nitrogen and oxygen atoms in total. The molecule has 1 fully saturated rings. The molecule has 0 saturated carbocycles. The lowest BCUT2D eigenvalue weighted by Crippen LogP contribution is -2.36. The van der Waals surface area contributed by atoms with E-state index in [1.165, 1.54) is 5.56 Å². The quantitative estimate of drug-likeness (QED) is 0.341. The van der Waals surface area contributed by atoms with Gasteiger partial charge in [0.25, 0.3) is 0 Å². The van der Waals surface area contributed by atoms with E-state index in [1.807, 2.05) is 42.5 Å². The van der Waals surface area contributed by atoms with Gasteiger partial charge in [-0.25, -0.2) is 4.79 Å². The molecule has 1 aliphatic heterocycles.